The van der Waals surface area contributed by atoms with Crippen LogP contribution in [0, 0.1) is 0 Å². The van der Waals surface area contributed by atoms with E-state index in [1.807, 2.05) is 12.1 Å². The summed E-state index contributed by atoms with van der Waals surface area (Å²) in [4.78, 5) is 4.69. The van der Waals surface area contributed by atoms with Crippen molar-refractivity contribution in [1.29, 1.82) is 0 Å². The van der Waals surface area contributed by atoms with E-state index in [-0.39, 0.29) is 0 Å². The monoisotopic (exact) mass is 282 g/mol. The first kappa shape index (κ1) is 14.1. The Hall–Kier alpha value is -1.87. The van der Waals surface area contributed by atoms with Gasteiger partial charge >= 0.3 is 0 Å². The first-order chi connectivity index (χ1) is 10.4. The van der Waals surface area contributed by atoms with Crippen LogP contribution in [0.4, 0.5) is 0 Å². The maximum atomic E-state index is 5.90. The van der Waals surface area contributed by atoms with E-state index in [0.29, 0.717) is 12.6 Å². The van der Waals surface area contributed by atoms with Crippen LogP contribution in [-0.2, 0) is 6.54 Å². The number of benzene rings is 1. The summed E-state index contributed by atoms with van der Waals surface area (Å²) in [5.74, 6) is 0.754. The van der Waals surface area contributed by atoms with Crippen molar-refractivity contribution < 1.29 is 4.74 Å². The molecule has 1 aromatic heterocycles. The maximum absolute atomic E-state index is 5.90. The number of nitrogens with one attached hydrogen (secondary N) is 1. The number of nitrogens with zero attached hydrogens (tertiary/aromatic N) is 1. The van der Waals surface area contributed by atoms with Crippen LogP contribution >= 0.6 is 0 Å². The Morgan fingerprint density at radius 3 is 3.00 bits per heavy atom. The molecule has 1 N–H and O–H groups in total. The Kier molecular flexibility index (Phi) is 4.51. The number of hydrogen-bond acceptors (Lipinski definition) is 3. The van der Waals surface area contributed by atoms with Gasteiger partial charge in [0.2, 0.25) is 5.88 Å². The summed E-state index contributed by atoms with van der Waals surface area (Å²) in [7, 11) is 0. The molecule has 1 fully saturated rings. The average molecular weight is 282 g/mol. The number of unbranched alkanes of at least 4 members (excludes halogenated alkanes) is 1. The number of rotatable bonds is 8. The standard InChI is InChI=1S/C18H22N2O/c1-2-3-6-11-21-18-17-8-5-4-7-14(17)12-16(20-18)13-19-15-9-10-15/h2,4-5,7-8,12,15,19H,1,3,6,9-11,13H2. The minimum atomic E-state index is 0.683. The normalized spacial score (nSPS) is 14.3. The molecule has 21 heavy (non-hydrogen) atoms. The fourth-order valence-corrected chi connectivity index (χ4v) is 2.35. The van der Waals surface area contributed by atoms with Gasteiger partial charge < -0.3 is 10.1 Å². The van der Waals surface area contributed by atoms with Gasteiger partial charge in [-0.05, 0) is 43.2 Å². The highest BCUT2D eigenvalue weighted by molar-refractivity contribution is 5.87. The molecule has 1 aliphatic rings. The van der Waals surface area contributed by atoms with E-state index < -0.39 is 0 Å². The van der Waals surface area contributed by atoms with Crippen LogP contribution < -0.4 is 10.1 Å². The highest BCUT2D eigenvalue weighted by Gasteiger charge is 2.20. The highest BCUT2D eigenvalue weighted by Crippen LogP contribution is 2.25. The van der Waals surface area contributed by atoms with Crippen molar-refractivity contribution in [3.05, 3.63) is 48.7 Å². The lowest BCUT2D eigenvalue weighted by Crippen LogP contribution is -2.16. The van der Waals surface area contributed by atoms with Crippen molar-refractivity contribution in [2.45, 2.75) is 38.3 Å². The fourth-order valence-electron chi connectivity index (χ4n) is 2.35. The van der Waals surface area contributed by atoms with Crippen molar-refractivity contribution in [1.82, 2.24) is 10.3 Å². The fraction of sp³-hybridized carbons (Fsp3) is 0.389. The molecule has 0 atom stereocenters. The summed E-state index contributed by atoms with van der Waals surface area (Å²) in [5.41, 5.74) is 1.05. The molecule has 1 saturated carbocycles. The zero-order valence-electron chi connectivity index (χ0n) is 12.3. The highest BCUT2D eigenvalue weighted by atomic mass is 16.5. The molecule has 3 rings (SSSR count). The van der Waals surface area contributed by atoms with E-state index in [4.69, 9.17) is 4.74 Å². The number of hydrogen-bond donors (Lipinski definition) is 1. The quantitative estimate of drug-likeness (QED) is 0.590. The van der Waals surface area contributed by atoms with Crippen molar-refractivity contribution in [2.24, 2.45) is 0 Å². The van der Waals surface area contributed by atoms with Crippen LogP contribution in [0.2, 0.25) is 0 Å². The Balaban J connectivity index is 1.78. The van der Waals surface area contributed by atoms with E-state index >= 15 is 0 Å². The predicted molar refractivity (Wildman–Crippen MR) is 86.5 cm³/mol. The predicted octanol–water partition coefficient (Wildman–Crippen LogP) is 3.83. The summed E-state index contributed by atoms with van der Waals surface area (Å²) in [5, 5.41) is 5.79. The van der Waals surface area contributed by atoms with E-state index in [2.05, 4.69) is 41.1 Å². The largest absolute Gasteiger partial charge is 0.477 e. The third-order valence-electron chi connectivity index (χ3n) is 3.70. The summed E-state index contributed by atoms with van der Waals surface area (Å²) in [6.07, 6.45) is 6.45. The number of pyridine rings is 1. The van der Waals surface area contributed by atoms with Crippen LogP contribution in [0.1, 0.15) is 31.4 Å². The second-order valence-corrected chi connectivity index (χ2v) is 5.57. The zero-order chi connectivity index (χ0) is 14.5. The lowest BCUT2D eigenvalue weighted by molar-refractivity contribution is 0.303. The van der Waals surface area contributed by atoms with Crippen LogP contribution in [-0.4, -0.2) is 17.6 Å². The van der Waals surface area contributed by atoms with Gasteiger partial charge in [0.15, 0.2) is 0 Å². The molecule has 110 valence electrons. The summed E-state index contributed by atoms with van der Waals surface area (Å²) < 4.78 is 5.90. The summed E-state index contributed by atoms with van der Waals surface area (Å²) in [6.45, 7) is 5.24. The van der Waals surface area contributed by atoms with Crippen molar-refractivity contribution in [3.8, 4) is 5.88 Å². The van der Waals surface area contributed by atoms with Crippen molar-refractivity contribution >= 4 is 10.8 Å². The van der Waals surface area contributed by atoms with Gasteiger partial charge in [0.1, 0.15) is 0 Å². The van der Waals surface area contributed by atoms with E-state index in [1.165, 1.54) is 18.2 Å². The Labute approximate surface area is 126 Å². The lowest BCUT2D eigenvalue weighted by atomic mass is 10.1. The van der Waals surface area contributed by atoms with Crippen LogP contribution in [0.15, 0.2) is 43.0 Å². The van der Waals surface area contributed by atoms with E-state index in [1.54, 1.807) is 0 Å². The Bertz CT molecular complexity index is 620. The molecule has 2 aromatic rings. The average Bonchev–Trinajstić information content (AvgIpc) is 3.34. The molecule has 1 heterocycles. The first-order valence-electron chi connectivity index (χ1n) is 7.72. The second kappa shape index (κ2) is 6.72. The second-order valence-electron chi connectivity index (χ2n) is 5.57. The lowest BCUT2D eigenvalue weighted by Gasteiger charge is -2.11. The smallest absolute Gasteiger partial charge is 0.221 e. The Morgan fingerprint density at radius 2 is 2.19 bits per heavy atom. The van der Waals surface area contributed by atoms with Gasteiger partial charge in [0, 0.05) is 18.0 Å². The molecule has 0 amide bonds. The first-order valence-corrected chi connectivity index (χ1v) is 7.72. The van der Waals surface area contributed by atoms with Crippen LogP contribution in [0.25, 0.3) is 10.8 Å². The van der Waals surface area contributed by atoms with Gasteiger partial charge in [-0.15, -0.1) is 6.58 Å². The Morgan fingerprint density at radius 1 is 1.33 bits per heavy atom. The molecule has 0 saturated heterocycles. The molecule has 1 aromatic carbocycles. The molecule has 0 radical (unpaired) electrons. The van der Waals surface area contributed by atoms with Crippen molar-refractivity contribution in [3.63, 3.8) is 0 Å². The molecule has 0 spiro atoms. The SMILES string of the molecule is C=CCCCOc1nc(CNC2CC2)cc2ccccc12. The molecule has 1 aliphatic carbocycles. The molecule has 0 aliphatic heterocycles. The van der Waals surface area contributed by atoms with E-state index in [0.717, 1.165) is 36.3 Å². The van der Waals surface area contributed by atoms with Gasteiger partial charge in [-0.2, -0.15) is 0 Å². The zero-order valence-corrected chi connectivity index (χ0v) is 12.3. The molecule has 3 nitrogen and oxygen atoms in total. The van der Waals surface area contributed by atoms with Crippen molar-refractivity contribution in [2.75, 3.05) is 6.61 Å². The van der Waals surface area contributed by atoms with E-state index in [9.17, 15) is 0 Å². The molecular weight excluding hydrogens is 260 g/mol. The van der Waals surface area contributed by atoms with Gasteiger partial charge in [0.25, 0.3) is 0 Å². The summed E-state index contributed by atoms with van der Waals surface area (Å²) >= 11 is 0. The van der Waals surface area contributed by atoms with Crippen LogP contribution in [0.5, 0.6) is 5.88 Å². The maximum Gasteiger partial charge on any atom is 0.221 e. The molecule has 3 heteroatoms. The minimum absolute atomic E-state index is 0.683. The van der Waals surface area contributed by atoms with Gasteiger partial charge in [-0.25, -0.2) is 4.98 Å². The third kappa shape index (κ3) is 3.82. The minimum Gasteiger partial charge on any atom is -0.477 e. The topological polar surface area (TPSA) is 34.1 Å². The van der Waals surface area contributed by atoms with Gasteiger partial charge in [-0.3, -0.25) is 0 Å². The molecule has 0 unspecified atom stereocenters. The number of aromatic nitrogens is 1. The molecular formula is C18H22N2O. The number of ether oxygens (including phenoxy) is 1. The van der Waals surface area contributed by atoms with Crippen LogP contribution in [0.3, 0.4) is 0 Å². The van der Waals surface area contributed by atoms with Gasteiger partial charge in [0.05, 0.1) is 12.3 Å². The third-order valence-corrected chi connectivity index (χ3v) is 3.70. The molecule has 0 bridgehead atoms. The summed E-state index contributed by atoms with van der Waals surface area (Å²) in [6, 6.07) is 11.1. The van der Waals surface area contributed by atoms with Gasteiger partial charge in [-0.1, -0.05) is 24.3 Å². The number of allylic oxidation sites excluding steroid dienone is 1. The number of fused-ring (bicyclic) bond motifs is 1.